The molecule has 0 aromatic heterocycles. The highest BCUT2D eigenvalue weighted by Gasteiger charge is 2.46. The van der Waals surface area contributed by atoms with Crippen LogP contribution in [-0.2, 0) is 4.79 Å². The maximum Gasteiger partial charge on any atom is 0.139 e. The Morgan fingerprint density at radius 1 is 1.46 bits per heavy atom. The molecule has 1 rings (SSSR count). The molecule has 0 bridgehead atoms. The van der Waals surface area contributed by atoms with Crippen LogP contribution < -0.4 is 0 Å². The number of carbonyl (C=O) groups excluding carboxylic acids is 1. The summed E-state index contributed by atoms with van der Waals surface area (Å²) in [5.74, 6) is 2.17. The number of carbonyl (C=O) groups is 1. The summed E-state index contributed by atoms with van der Waals surface area (Å²) in [6.07, 6.45) is 0.802. The second-order valence-corrected chi connectivity index (χ2v) is 7.32. The van der Waals surface area contributed by atoms with Gasteiger partial charge in [-0.3, -0.25) is 4.79 Å². The van der Waals surface area contributed by atoms with Gasteiger partial charge >= 0.3 is 0 Å². The number of rotatable bonds is 2. The number of hydrogen-bond acceptors (Lipinski definition) is 2. The highest BCUT2D eigenvalue weighted by molar-refractivity contribution is 8.00. The van der Waals surface area contributed by atoms with Crippen molar-refractivity contribution in [2.75, 3.05) is 5.75 Å². The largest absolute Gasteiger partial charge is 0.299 e. The van der Waals surface area contributed by atoms with Gasteiger partial charge in [0, 0.05) is 16.6 Å². The number of thioether (sulfide) groups is 1. The molecular weight excluding hydrogens is 180 g/mol. The van der Waals surface area contributed by atoms with Gasteiger partial charge < -0.3 is 0 Å². The molecule has 0 saturated heterocycles. The quantitative estimate of drug-likeness (QED) is 0.681. The minimum Gasteiger partial charge on any atom is -0.299 e. The van der Waals surface area contributed by atoms with Crippen molar-refractivity contribution >= 4 is 17.5 Å². The van der Waals surface area contributed by atoms with Crippen LogP contribution in [0.25, 0.3) is 0 Å². The van der Waals surface area contributed by atoms with E-state index in [1.54, 1.807) is 0 Å². The van der Waals surface area contributed by atoms with Crippen molar-refractivity contribution in [2.45, 2.75) is 45.8 Å². The van der Waals surface area contributed by atoms with Gasteiger partial charge in [-0.25, -0.2) is 0 Å². The Morgan fingerprint density at radius 3 is 2.31 bits per heavy atom. The first-order chi connectivity index (χ1) is 5.73. The first-order valence-electron chi connectivity index (χ1n) is 4.91. The van der Waals surface area contributed by atoms with Gasteiger partial charge in [-0.15, -0.1) is 0 Å². The van der Waals surface area contributed by atoms with Gasteiger partial charge in [0.25, 0.3) is 0 Å². The van der Waals surface area contributed by atoms with Crippen LogP contribution in [0.15, 0.2) is 0 Å². The monoisotopic (exact) mass is 200 g/mol. The molecular formula is C11H20OS. The number of hydrogen-bond donors (Lipinski definition) is 0. The van der Waals surface area contributed by atoms with Gasteiger partial charge in [0.15, 0.2) is 0 Å². The van der Waals surface area contributed by atoms with E-state index in [0.29, 0.717) is 16.4 Å². The van der Waals surface area contributed by atoms with Crippen molar-refractivity contribution in [2.24, 2.45) is 11.3 Å². The van der Waals surface area contributed by atoms with E-state index < -0.39 is 0 Å². The summed E-state index contributed by atoms with van der Waals surface area (Å²) < 4.78 is 0.328. The normalized spacial score (nSPS) is 27.2. The van der Waals surface area contributed by atoms with Crippen molar-refractivity contribution in [1.82, 2.24) is 0 Å². The first-order valence-corrected chi connectivity index (χ1v) is 5.89. The van der Waals surface area contributed by atoms with Crippen molar-refractivity contribution < 1.29 is 4.79 Å². The van der Waals surface area contributed by atoms with Crippen molar-refractivity contribution in [3.63, 3.8) is 0 Å². The lowest BCUT2D eigenvalue weighted by Gasteiger charge is -2.43. The smallest absolute Gasteiger partial charge is 0.139 e. The molecule has 76 valence electrons. The highest BCUT2D eigenvalue weighted by atomic mass is 32.2. The van der Waals surface area contributed by atoms with Gasteiger partial charge in [-0.1, -0.05) is 34.6 Å². The number of Topliss-reactive ketones (excluding diaryl/α,β-unsaturated/α-hetero) is 1. The van der Waals surface area contributed by atoms with E-state index in [9.17, 15) is 4.79 Å². The second kappa shape index (κ2) is 3.30. The Labute approximate surface area is 85.7 Å². The zero-order chi connectivity index (χ0) is 10.3. The topological polar surface area (TPSA) is 17.1 Å². The molecule has 1 fully saturated rings. The van der Waals surface area contributed by atoms with Crippen LogP contribution in [0.1, 0.15) is 41.0 Å². The van der Waals surface area contributed by atoms with E-state index in [2.05, 4.69) is 34.6 Å². The van der Waals surface area contributed by atoms with Crippen LogP contribution in [0.2, 0.25) is 0 Å². The Kier molecular flexibility index (Phi) is 2.82. The fourth-order valence-electron chi connectivity index (χ4n) is 1.46. The lowest BCUT2D eigenvalue weighted by Crippen LogP contribution is -2.46. The molecule has 1 aliphatic carbocycles. The Bertz CT molecular complexity index is 213. The molecule has 0 N–H and O–H groups in total. The van der Waals surface area contributed by atoms with Crippen LogP contribution in [0, 0.1) is 11.3 Å². The molecule has 0 heterocycles. The van der Waals surface area contributed by atoms with E-state index in [4.69, 9.17) is 0 Å². The zero-order valence-corrected chi connectivity index (χ0v) is 10.1. The molecule has 1 nitrogen and oxygen atoms in total. The number of ketones is 1. The molecule has 0 aromatic carbocycles. The Balaban J connectivity index is 2.37. The summed E-state index contributed by atoms with van der Waals surface area (Å²) in [5, 5.41) is 0. The molecule has 0 aliphatic heterocycles. The molecule has 0 radical (unpaired) electrons. The molecule has 0 amide bonds. The zero-order valence-electron chi connectivity index (χ0n) is 9.31. The predicted octanol–water partition coefficient (Wildman–Crippen LogP) is 3.13. The van der Waals surface area contributed by atoms with Crippen molar-refractivity contribution in [3.8, 4) is 0 Å². The summed E-state index contributed by atoms with van der Waals surface area (Å²) in [7, 11) is 0. The minimum atomic E-state index is -0.0434. The van der Waals surface area contributed by atoms with Gasteiger partial charge in [-0.2, -0.15) is 11.8 Å². The summed E-state index contributed by atoms with van der Waals surface area (Å²) in [6.45, 7) is 10.8. The van der Waals surface area contributed by atoms with Crippen LogP contribution in [0.3, 0.4) is 0 Å². The molecule has 13 heavy (non-hydrogen) atoms. The van der Waals surface area contributed by atoms with E-state index in [1.807, 2.05) is 11.8 Å². The SMILES string of the molecule is CC(C)(C)SCC1CC(=O)C1(C)C. The van der Waals surface area contributed by atoms with Crippen LogP contribution in [-0.4, -0.2) is 16.3 Å². The van der Waals surface area contributed by atoms with E-state index in [1.165, 1.54) is 0 Å². The van der Waals surface area contributed by atoms with E-state index in [-0.39, 0.29) is 5.41 Å². The summed E-state index contributed by atoms with van der Waals surface area (Å²) in [5.41, 5.74) is -0.0434. The van der Waals surface area contributed by atoms with Crippen molar-refractivity contribution in [1.29, 1.82) is 0 Å². The molecule has 1 saturated carbocycles. The summed E-state index contributed by atoms with van der Waals surface area (Å²) in [4.78, 5) is 11.3. The van der Waals surface area contributed by atoms with Gasteiger partial charge in [0.1, 0.15) is 5.78 Å². The van der Waals surface area contributed by atoms with Crippen LogP contribution in [0.5, 0.6) is 0 Å². The van der Waals surface area contributed by atoms with E-state index in [0.717, 1.165) is 12.2 Å². The van der Waals surface area contributed by atoms with Crippen LogP contribution in [0.4, 0.5) is 0 Å². The van der Waals surface area contributed by atoms with Crippen molar-refractivity contribution in [3.05, 3.63) is 0 Å². The minimum absolute atomic E-state index is 0.0434. The highest BCUT2D eigenvalue weighted by Crippen LogP contribution is 2.45. The Hall–Kier alpha value is 0.0200. The summed E-state index contributed by atoms with van der Waals surface area (Å²) >= 11 is 1.97. The standard InChI is InChI=1S/C11H20OS/c1-10(2,3)13-7-8-6-9(12)11(8,4)5/h8H,6-7H2,1-5H3. The molecule has 1 unspecified atom stereocenters. The Morgan fingerprint density at radius 2 is 2.00 bits per heavy atom. The lowest BCUT2D eigenvalue weighted by molar-refractivity contribution is -0.141. The lowest BCUT2D eigenvalue weighted by atomic mass is 9.62. The predicted molar refractivity (Wildman–Crippen MR) is 59.1 cm³/mol. The first kappa shape index (κ1) is 11.1. The fourth-order valence-corrected chi connectivity index (χ4v) is 2.69. The van der Waals surface area contributed by atoms with Gasteiger partial charge in [-0.05, 0) is 11.7 Å². The third-order valence-corrected chi connectivity index (χ3v) is 4.32. The van der Waals surface area contributed by atoms with Gasteiger partial charge in [0.05, 0.1) is 0 Å². The maximum atomic E-state index is 11.3. The van der Waals surface area contributed by atoms with Crippen LogP contribution >= 0.6 is 11.8 Å². The second-order valence-electron chi connectivity index (χ2n) is 5.47. The average Bonchev–Trinajstić information content (AvgIpc) is 1.95. The summed E-state index contributed by atoms with van der Waals surface area (Å²) in [6, 6.07) is 0. The maximum absolute atomic E-state index is 11.3. The molecule has 1 aliphatic rings. The fraction of sp³-hybridized carbons (Fsp3) is 0.909. The molecule has 1 atom stereocenters. The molecule has 0 aromatic rings. The third kappa shape index (κ3) is 2.49. The van der Waals surface area contributed by atoms with E-state index >= 15 is 0 Å². The average molecular weight is 200 g/mol. The molecule has 0 spiro atoms. The van der Waals surface area contributed by atoms with Gasteiger partial charge in [0.2, 0.25) is 0 Å². The third-order valence-electron chi connectivity index (χ3n) is 2.89. The molecule has 2 heteroatoms.